The summed E-state index contributed by atoms with van der Waals surface area (Å²) >= 11 is 0. The standard InChI is InChI=1S/C18H25N3O2/c1-13-7-9-20(10-8-13)12-18(23)21-14(2)11-17(22)19-15-5-3-4-6-16(15)21/h3-6,13-14H,7-12H2,1-2H3,(H,19,22)/t14-/m0/s1. The van der Waals surface area contributed by atoms with Gasteiger partial charge in [-0.2, -0.15) is 0 Å². The summed E-state index contributed by atoms with van der Waals surface area (Å²) < 4.78 is 0. The Kier molecular flexibility index (Phi) is 4.66. The minimum atomic E-state index is -0.130. The molecular formula is C18H25N3O2. The van der Waals surface area contributed by atoms with Crippen LogP contribution in [0.3, 0.4) is 0 Å². The highest BCUT2D eigenvalue weighted by atomic mass is 16.2. The van der Waals surface area contributed by atoms with Crippen LogP contribution in [0.4, 0.5) is 11.4 Å². The fraction of sp³-hybridized carbons (Fsp3) is 0.556. The first-order chi connectivity index (χ1) is 11.0. The third-order valence-electron chi connectivity index (χ3n) is 4.86. The lowest BCUT2D eigenvalue weighted by Crippen LogP contribution is -2.46. The smallest absolute Gasteiger partial charge is 0.241 e. The number of benzene rings is 1. The largest absolute Gasteiger partial charge is 0.324 e. The summed E-state index contributed by atoms with van der Waals surface area (Å²) in [5, 5.41) is 2.90. The Labute approximate surface area is 137 Å². The van der Waals surface area contributed by atoms with Crippen molar-refractivity contribution in [3.05, 3.63) is 24.3 Å². The summed E-state index contributed by atoms with van der Waals surface area (Å²) in [6, 6.07) is 7.42. The Bertz CT molecular complexity index is 594. The Morgan fingerprint density at radius 3 is 2.65 bits per heavy atom. The van der Waals surface area contributed by atoms with Crippen LogP contribution in [0.1, 0.15) is 33.1 Å². The summed E-state index contributed by atoms with van der Waals surface area (Å²) in [6.45, 7) is 6.60. The van der Waals surface area contributed by atoms with Gasteiger partial charge in [0.05, 0.1) is 17.9 Å². The predicted octanol–water partition coefficient (Wildman–Crippen LogP) is 2.48. The average molecular weight is 315 g/mol. The van der Waals surface area contributed by atoms with E-state index in [0.717, 1.165) is 43.2 Å². The van der Waals surface area contributed by atoms with E-state index in [4.69, 9.17) is 0 Å². The Morgan fingerprint density at radius 2 is 1.91 bits per heavy atom. The summed E-state index contributed by atoms with van der Waals surface area (Å²) in [4.78, 5) is 28.9. The molecule has 2 heterocycles. The molecule has 2 aliphatic rings. The minimum absolute atomic E-state index is 0.0351. The van der Waals surface area contributed by atoms with Gasteiger partial charge >= 0.3 is 0 Å². The number of hydrogen-bond donors (Lipinski definition) is 1. The number of amides is 2. The summed E-state index contributed by atoms with van der Waals surface area (Å²) in [7, 11) is 0. The lowest BCUT2D eigenvalue weighted by atomic mass is 9.99. The van der Waals surface area contributed by atoms with Gasteiger partial charge in [0.15, 0.2) is 0 Å². The van der Waals surface area contributed by atoms with E-state index in [9.17, 15) is 9.59 Å². The molecule has 0 spiro atoms. The number of fused-ring (bicyclic) bond motifs is 1. The van der Waals surface area contributed by atoms with Crippen LogP contribution in [0, 0.1) is 5.92 Å². The molecule has 23 heavy (non-hydrogen) atoms. The molecule has 1 fully saturated rings. The van der Waals surface area contributed by atoms with Crippen LogP contribution in [0.15, 0.2) is 24.3 Å². The fourth-order valence-electron chi connectivity index (χ4n) is 3.46. The number of likely N-dealkylation sites (tertiary alicyclic amines) is 1. The number of rotatable bonds is 2. The van der Waals surface area contributed by atoms with Gasteiger partial charge in [0.25, 0.3) is 0 Å². The number of piperidine rings is 1. The van der Waals surface area contributed by atoms with Gasteiger partial charge < -0.3 is 10.2 Å². The third kappa shape index (κ3) is 3.55. The summed E-state index contributed by atoms with van der Waals surface area (Å²) in [5.41, 5.74) is 1.53. The Morgan fingerprint density at radius 1 is 1.22 bits per heavy atom. The van der Waals surface area contributed by atoms with Gasteiger partial charge in [-0.05, 0) is 50.9 Å². The quantitative estimate of drug-likeness (QED) is 0.912. The average Bonchev–Trinajstić information content (AvgIpc) is 2.63. The van der Waals surface area contributed by atoms with E-state index >= 15 is 0 Å². The number of carbonyl (C=O) groups excluding carboxylic acids is 2. The molecular weight excluding hydrogens is 290 g/mol. The number of nitrogens with one attached hydrogen (secondary N) is 1. The van der Waals surface area contributed by atoms with Crippen LogP contribution >= 0.6 is 0 Å². The summed E-state index contributed by atoms with van der Waals surface area (Å²) in [5.74, 6) is 0.795. The molecule has 0 saturated carbocycles. The van der Waals surface area contributed by atoms with Crippen LogP contribution in [-0.4, -0.2) is 42.4 Å². The molecule has 2 aliphatic heterocycles. The highest BCUT2D eigenvalue weighted by molar-refractivity contribution is 6.04. The molecule has 1 N–H and O–H groups in total. The van der Waals surface area contributed by atoms with E-state index in [0.29, 0.717) is 13.0 Å². The second kappa shape index (κ2) is 6.71. The zero-order valence-electron chi connectivity index (χ0n) is 13.9. The second-order valence-corrected chi connectivity index (χ2v) is 6.84. The number of para-hydroxylation sites is 2. The molecule has 1 saturated heterocycles. The van der Waals surface area contributed by atoms with Crippen molar-refractivity contribution in [2.45, 2.75) is 39.2 Å². The lowest BCUT2D eigenvalue weighted by Gasteiger charge is -2.33. The van der Waals surface area contributed by atoms with Crippen LogP contribution in [0.25, 0.3) is 0 Å². The van der Waals surface area contributed by atoms with Gasteiger partial charge in [0.1, 0.15) is 0 Å². The molecule has 5 heteroatoms. The van der Waals surface area contributed by atoms with Crippen molar-refractivity contribution < 1.29 is 9.59 Å². The predicted molar refractivity (Wildman–Crippen MR) is 91.5 cm³/mol. The van der Waals surface area contributed by atoms with Crippen molar-refractivity contribution in [3.8, 4) is 0 Å². The summed E-state index contributed by atoms with van der Waals surface area (Å²) in [6.07, 6.45) is 2.64. The maximum absolute atomic E-state index is 12.9. The van der Waals surface area contributed by atoms with Gasteiger partial charge in [-0.3, -0.25) is 14.5 Å². The highest BCUT2D eigenvalue weighted by Gasteiger charge is 2.30. The van der Waals surface area contributed by atoms with Gasteiger partial charge in [0, 0.05) is 12.5 Å². The third-order valence-corrected chi connectivity index (χ3v) is 4.86. The van der Waals surface area contributed by atoms with E-state index in [1.807, 2.05) is 31.2 Å². The molecule has 0 aliphatic carbocycles. The first-order valence-corrected chi connectivity index (χ1v) is 8.48. The van der Waals surface area contributed by atoms with Crippen LogP contribution in [0.5, 0.6) is 0 Å². The fourth-order valence-corrected chi connectivity index (χ4v) is 3.46. The zero-order chi connectivity index (χ0) is 16.4. The van der Waals surface area contributed by atoms with E-state index in [-0.39, 0.29) is 17.9 Å². The first kappa shape index (κ1) is 16.0. The molecule has 0 aromatic heterocycles. The molecule has 0 bridgehead atoms. The monoisotopic (exact) mass is 315 g/mol. The molecule has 0 unspecified atom stereocenters. The van der Waals surface area contributed by atoms with Crippen molar-refractivity contribution in [1.29, 1.82) is 0 Å². The van der Waals surface area contributed by atoms with Crippen LogP contribution in [-0.2, 0) is 9.59 Å². The van der Waals surface area contributed by atoms with Crippen molar-refractivity contribution in [1.82, 2.24) is 4.90 Å². The van der Waals surface area contributed by atoms with Gasteiger partial charge in [-0.1, -0.05) is 19.1 Å². The molecule has 1 aromatic rings. The Hall–Kier alpha value is -1.88. The van der Waals surface area contributed by atoms with E-state index in [1.54, 1.807) is 4.90 Å². The highest BCUT2D eigenvalue weighted by Crippen LogP contribution is 2.31. The van der Waals surface area contributed by atoms with Crippen molar-refractivity contribution >= 4 is 23.2 Å². The van der Waals surface area contributed by atoms with Gasteiger partial charge in [-0.25, -0.2) is 0 Å². The second-order valence-electron chi connectivity index (χ2n) is 6.84. The number of anilines is 2. The Balaban J connectivity index is 1.79. The van der Waals surface area contributed by atoms with Crippen molar-refractivity contribution in [3.63, 3.8) is 0 Å². The van der Waals surface area contributed by atoms with Crippen LogP contribution < -0.4 is 10.2 Å². The molecule has 2 amide bonds. The van der Waals surface area contributed by atoms with Crippen molar-refractivity contribution in [2.75, 3.05) is 29.9 Å². The maximum atomic E-state index is 12.9. The first-order valence-electron chi connectivity index (χ1n) is 8.48. The van der Waals surface area contributed by atoms with E-state index < -0.39 is 0 Å². The molecule has 1 aromatic carbocycles. The number of hydrogen-bond acceptors (Lipinski definition) is 3. The van der Waals surface area contributed by atoms with E-state index in [1.165, 1.54) is 0 Å². The van der Waals surface area contributed by atoms with Gasteiger partial charge in [0.2, 0.25) is 11.8 Å². The zero-order valence-corrected chi connectivity index (χ0v) is 13.9. The van der Waals surface area contributed by atoms with Crippen LogP contribution in [0.2, 0.25) is 0 Å². The number of carbonyl (C=O) groups is 2. The maximum Gasteiger partial charge on any atom is 0.241 e. The number of nitrogens with zero attached hydrogens (tertiary/aromatic N) is 2. The lowest BCUT2D eigenvalue weighted by molar-refractivity contribution is -0.120. The minimum Gasteiger partial charge on any atom is -0.324 e. The van der Waals surface area contributed by atoms with Crippen molar-refractivity contribution in [2.24, 2.45) is 5.92 Å². The normalized spacial score (nSPS) is 23.1. The van der Waals surface area contributed by atoms with E-state index in [2.05, 4.69) is 17.1 Å². The molecule has 1 atom stereocenters. The molecule has 124 valence electrons. The molecule has 5 nitrogen and oxygen atoms in total. The molecule has 0 radical (unpaired) electrons. The topological polar surface area (TPSA) is 52.7 Å². The molecule has 3 rings (SSSR count). The van der Waals surface area contributed by atoms with Gasteiger partial charge in [-0.15, -0.1) is 0 Å². The SMILES string of the molecule is CC1CCN(CC(=O)N2c3ccccc3NC(=O)C[C@@H]2C)CC1.